The highest BCUT2D eigenvalue weighted by Crippen LogP contribution is 2.28. The van der Waals surface area contributed by atoms with Gasteiger partial charge in [0.1, 0.15) is 0 Å². The van der Waals surface area contributed by atoms with Crippen molar-refractivity contribution in [3.63, 3.8) is 0 Å². The molecule has 1 heterocycles. The van der Waals surface area contributed by atoms with Crippen molar-refractivity contribution in [2.75, 3.05) is 18.0 Å². The number of nitrogens with zero attached hydrogens (tertiary/aromatic N) is 1. The minimum atomic E-state index is -0.187. The fourth-order valence-corrected chi connectivity index (χ4v) is 2.04. The second-order valence-corrected chi connectivity index (χ2v) is 5.80. The first-order valence-electron chi connectivity index (χ1n) is 6.03. The fraction of sp³-hybridized carbons (Fsp3) is 0.500. The van der Waals surface area contributed by atoms with E-state index in [9.17, 15) is 4.79 Å². The predicted molar refractivity (Wildman–Crippen MR) is 70.0 cm³/mol. The predicted octanol–water partition coefficient (Wildman–Crippen LogP) is 1.91. The van der Waals surface area contributed by atoms with Crippen LogP contribution in [-0.2, 0) is 10.2 Å². The zero-order valence-electron chi connectivity index (χ0n) is 10.7. The molecule has 0 unspecified atom stereocenters. The van der Waals surface area contributed by atoms with E-state index in [2.05, 4.69) is 49.9 Å². The van der Waals surface area contributed by atoms with Gasteiger partial charge in [-0.2, -0.15) is 0 Å². The molecular formula is C14H20N2O. The normalized spacial score (nSPS) is 16.8. The largest absolute Gasteiger partial charge is 0.370 e. The molecule has 92 valence electrons. The summed E-state index contributed by atoms with van der Waals surface area (Å²) in [6, 6.07) is 8.56. The highest BCUT2D eigenvalue weighted by molar-refractivity contribution is 5.80. The number of carbonyl (C=O) groups excluding carboxylic acids is 1. The van der Waals surface area contributed by atoms with Gasteiger partial charge >= 0.3 is 0 Å². The van der Waals surface area contributed by atoms with E-state index in [1.54, 1.807) is 0 Å². The van der Waals surface area contributed by atoms with Crippen molar-refractivity contribution in [3.05, 3.63) is 29.8 Å². The van der Waals surface area contributed by atoms with Crippen molar-refractivity contribution in [2.24, 2.45) is 11.7 Å². The van der Waals surface area contributed by atoms with Crippen molar-refractivity contribution in [3.8, 4) is 0 Å². The van der Waals surface area contributed by atoms with Gasteiger partial charge in [-0.25, -0.2) is 0 Å². The van der Waals surface area contributed by atoms with Crippen LogP contribution >= 0.6 is 0 Å². The molecule has 1 aliphatic rings. The Kier molecular flexibility index (Phi) is 2.86. The average molecular weight is 232 g/mol. The first-order valence-corrected chi connectivity index (χ1v) is 6.03. The molecule has 0 radical (unpaired) electrons. The molecule has 2 rings (SSSR count). The van der Waals surface area contributed by atoms with Crippen molar-refractivity contribution < 1.29 is 4.79 Å². The molecule has 1 saturated heterocycles. The molecule has 17 heavy (non-hydrogen) atoms. The molecule has 1 aromatic rings. The SMILES string of the molecule is CC(C)(C)c1ccc(N2CC(C(N)=O)C2)cc1. The molecule has 1 aromatic carbocycles. The average Bonchev–Trinajstić information content (AvgIpc) is 2.14. The Hall–Kier alpha value is -1.51. The van der Waals surface area contributed by atoms with Crippen LogP contribution in [0.3, 0.4) is 0 Å². The van der Waals surface area contributed by atoms with Gasteiger partial charge < -0.3 is 10.6 Å². The summed E-state index contributed by atoms with van der Waals surface area (Å²) in [6.07, 6.45) is 0. The number of carbonyl (C=O) groups is 1. The fourth-order valence-electron chi connectivity index (χ4n) is 2.04. The molecule has 0 aromatic heterocycles. The second-order valence-electron chi connectivity index (χ2n) is 5.80. The Labute approximate surface area is 103 Å². The third-order valence-corrected chi connectivity index (χ3v) is 3.38. The van der Waals surface area contributed by atoms with Crippen LogP contribution in [0.25, 0.3) is 0 Å². The van der Waals surface area contributed by atoms with Gasteiger partial charge in [0.15, 0.2) is 0 Å². The van der Waals surface area contributed by atoms with Crippen LogP contribution in [0.15, 0.2) is 24.3 Å². The van der Waals surface area contributed by atoms with Gasteiger partial charge in [-0.1, -0.05) is 32.9 Å². The van der Waals surface area contributed by atoms with E-state index in [0.29, 0.717) is 0 Å². The number of hydrogen-bond donors (Lipinski definition) is 1. The van der Waals surface area contributed by atoms with Crippen LogP contribution in [0, 0.1) is 5.92 Å². The Bertz CT molecular complexity index is 411. The molecule has 1 amide bonds. The highest BCUT2D eigenvalue weighted by Gasteiger charge is 2.31. The van der Waals surface area contributed by atoms with E-state index in [0.717, 1.165) is 13.1 Å². The maximum atomic E-state index is 10.9. The molecule has 1 fully saturated rings. The zero-order valence-corrected chi connectivity index (χ0v) is 10.7. The summed E-state index contributed by atoms with van der Waals surface area (Å²) < 4.78 is 0. The Balaban J connectivity index is 2.03. The smallest absolute Gasteiger partial charge is 0.224 e. The van der Waals surface area contributed by atoms with E-state index < -0.39 is 0 Å². The number of primary amides is 1. The van der Waals surface area contributed by atoms with Crippen molar-refractivity contribution in [1.82, 2.24) is 0 Å². The molecule has 3 heteroatoms. The lowest BCUT2D eigenvalue weighted by Crippen LogP contribution is -2.52. The highest BCUT2D eigenvalue weighted by atomic mass is 16.1. The molecule has 3 nitrogen and oxygen atoms in total. The van der Waals surface area contributed by atoms with Crippen LogP contribution in [0.2, 0.25) is 0 Å². The van der Waals surface area contributed by atoms with Gasteiger partial charge in [0.2, 0.25) is 5.91 Å². The summed E-state index contributed by atoms with van der Waals surface area (Å²) in [5.41, 5.74) is 7.94. The molecule has 2 N–H and O–H groups in total. The van der Waals surface area contributed by atoms with Crippen LogP contribution < -0.4 is 10.6 Å². The molecule has 0 saturated carbocycles. The van der Waals surface area contributed by atoms with Gasteiger partial charge in [-0.05, 0) is 23.1 Å². The Morgan fingerprint density at radius 1 is 1.24 bits per heavy atom. The van der Waals surface area contributed by atoms with E-state index in [-0.39, 0.29) is 17.2 Å². The number of hydrogen-bond acceptors (Lipinski definition) is 2. The van der Waals surface area contributed by atoms with Gasteiger partial charge in [0.25, 0.3) is 0 Å². The second kappa shape index (κ2) is 4.06. The summed E-state index contributed by atoms with van der Waals surface area (Å²) in [5.74, 6) is -0.162. The monoisotopic (exact) mass is 232 g/mol. The summed E-state index contributed by atoms with van der Waals surface area (Å²) >= 11 is 0. The summed E-state index contributed by atoms with van der Waals surface area (Å²) in [6.45, 7) is 8.12. The van der Waals surface area contributed by atoms with Crippen LogP contribution in [-0.4, -0.2) is 19.0 Å². The maximum Gasteiger partial charge on any atom is 0.224 e. The maximum absolute atomic E-state index is 10.9. The van der Waals surface area contributed by atoms with Crippen molar-refractivity contribution >= 4 is 11.6 Å². The van der Waals surface area contributed by atoms with Gasteiger partial charge in [0.05, 0.1) is 5.92 Å². The first-order chi connectivity index (χ1) is 7.88. The lowest BCUT2D eigenvalue weighted by atomic mass is 9.87. The summed E-state index contributed by atoms with van der Waals surface area (Å²) in [7, 11) is 0. The lowest BCUT2D eigenvalue weighted by Gasteiger charge is -2.39. The van der Waals surface area contributed by atoms with Gasteiger partial charge in [-0.3, -0.25) is 4.79 Å². The molecule has 1 aliphatic heterocycles. The van der Waals surface area contributed by atoms with Crippen LogP contribution in [0.4, 0.5) is 5.69 Å². The van der Waals surface area contributed by atoms with Gasteiger partial charge in [0, 0.05) is 18.8 Å². The molecule has 0 spiro atoms. The van der Waals surface area contributed by atoms with E-state index in [1.807, 2.05) is 0 Å². The lowest BCUT2D eigenvalue weighted by molar-refractivity contribution is -0.122. The van der Waals surface area contributed by atoms with E-state index in [4.69, 9.17) is 5.73 Å². The molecule has 0 bridgehead atoms. The third-order valence-electron chi connectivity index (χ3n) is 3.38. The third kappa shape index (κ3) is 2.43. The minimum absolute atomic E-state index is 0.0253. The van der Waals surface area contributed by atoms with E-state index >= 15 is 0 Å². The molecular weight excluding hydrogens is 212 g/mol. The summed E-state index contributed by atoms with van der Waals surface area (Å²) in [5, 5.41) is 0. The Morgan fingerprint density at radius 2 is 1.76 bits per heavy atom. The minimum Gasteiger partial charge on any atom is -0.370 e. The number of amides is 1. The zero-order chi connectivity index (χ0) is 12.6. The first kappa shape index (κ1) is 12.0. The molecule has 0 aliphatic carbocycles. The summed E-state index contributed by atoms with van der Waals surface area (Å²) in [4.78, 5) is 13.1. The number of nitrogens with two attached hydrogens (primary N) is 1. The van der Waals surface area contributed by atoms with Gasteiger partial charge in [-0.15, -0.1) is 0 Å². The quantitative estimate of drug-likeness (QED) is 0.846. The number of anilines is 1. The van der Waals surface area contributed by atoms with Crippen molar-refractivity contribution in [2.45, 2.75) is 26.2 Å². The van der Waals surface area contributed by atoms with E-state index in [1.165, 1.54) is 11.3 Å². The molecule has 0 atom stereocenters. The topological polar surface area (TPSA) is 46.3 Å². The van der Waals surface area contributed by atoms with Crippen molar-refractivity contribution in [1.29, 1.82) is 0 Å². The number of rotatable bonds is 2. The standard InChI is InChI=1S/C14H20N2O/c1-14(2,3)11-4-6-12(7-5-11)16-8-10(9-16)13(15)17/h4-7,10H,8-9H2,1-3H3,(H2,15,17). The van der Waals surface area contributed by atoms with Crippen LogP contribution in [0.1, 0.15) is 26.3 Å². The number of benzene rings is 1. The Morgan fingerprint density at radius 3 is 2.18 bits per heavy atom. The van der Waals surface area contributed by atoms with Crippen LogP contribution in [0.5, 0.6) is 0 Å².